The quantitative estimate of drug-likeness (QED) is 0.900. The second-order valence-corrected chi connectivity index (χ2v) is 5.78. The van der Waals surface area contributed by atoms with Gasteiger partial charge in [0.25, 0.3) is 0 Å². The number of methoxy groups -OCH3 is 1. The molecule has 0 aliphatic heterocycles. The van der Waals surface area contributed by atoms with E-state index in [-0.39, 0.29) is 0 Å². The normalized spacial score (nSPS) is 19.0. The molecule has 0 radical (unpaired) electrons. The zero-order valence-electron chi connectivity index (χ0n) is 10.0. The van der Waals surface area contributed by atoms with E-state index in [9.17, 15) is 0 Å². The monoisotopic (exact) mass is 283 g/mol. The van der Waals surface area contributed by atoms with Gasteiger partial charge in [0.15, 0.2) is 0 Å². The van der Waals surface area contributed by atoms with Crippen molar-refractivity contribution in [1.29, 1.82) is 0 Å². The van der Waals surface area contributed by atoms with Crippen LogP contribution >= 0.6 is 15.9 Å². The number of ether oxygens (including phenoxy) is 1. The second kappa shape index (κ2) is 4.28. The summed E-state index contributed by atoms with van der Waals surface area (Å²) in [5.41, 5.74) is 1.53. The van der Waals surface area contributed by atoms with E-state index in [4.69, 9.17) is 4.74 Å². The summed E-state index contributed by atoms with van der Waals surface area (Å²) in [4.78, 5) is 0. The summed E-state index contributed by atoms with van der Waals surface area (Å²) in [6, 6.07) is 6.53. The lowest BCUT2D eigenvalue weighted by Gasteiger charge is -2.23. The molecular formula is C13H18BrNO. The van der Waals surface area contributed by atoms with Gasteiger partial charge in [-0.1, -0.05) is 22.9 Å². The van der Waals surface area contributed by atoms with Crippen LogP contribution in [0, 0.1) is 5.41 Å². The van der Waals surface area contributed by atoms with Gasteiger partial charge in [-0.25, -0.2) is 0 Å². The van der Waals surface area contributed by atoms with Gasteiger partial charge in [-0.3, -0.25) is 0 Å². The van der Waals surface area contributed by atoms with Crippen LogP contribution in [0.4, 0.5) is 5.69 Å². The van der Waals surface area contributed by atoms with Gasteiger partial charge in [0.2, 0.25) is 0 Å². The lowest BCUT2D eigenvalue weighted by molar-refractivity contribution is 0.414. The van der Waals surface area contributed by atoms with Crippen LogP contribution in [0.2, 0.25) is 0 Å². The van der Waals surface area contributed by atoms with Crippen molar-refractivity contribution < 1.29 is 4.74 Å². The first-order chi connectivity index (χ1) is 7.55. The highest BCUT2D eigenvalue weighted by atomic mass is 79.9. The van der Waals surface area contributed by atoms with Gasteiger partial charge in [-0.15, -0.1) is 0 Å². The van der Waals surface area contributed by atoms with Gasteiger partial charge < -0.3 is 10.1 Å². The standard InChI is InChI=1S/C13H18BrNO/c1-9(13(2)6-7-13)15-11-8-10(14)4-5-12(11)16-3/h4-5,8-9,15H,6-7H2,1-3H3. The minimum absolute atomic E-state index is 0.466. The molecule has 0 bridgehead atoms. The third-order valence-corrected chi connectivity index (χ3v) is 4.11. The lowest BCUT2D eigenvalue weighted by atomic mass is 10.0. The zero-order chi connectivity index (χ0) is 11.8. The fourth-order valence-electron chi connectivity index (χ4n) is 1.83. The number of hydrogen-bond donors (Lipinski definition) is 1. The number of anilines is 1. The van der Waals surface area contributed by atoms with Gasteiger partial charge in [-0.05, 0) is 43.4 Å². The molecule has 0 spiro atoms. The summed E-state index contributed by atoms with van der Waals surface area (Å²) < 4.78 is 6.42. The van der Waals surface area contributed by atoms with Crippen LogP contribution in [-0.2, 0) is 0 Å². The molecule has 1 N–H and O–H groups in total. The van der Waals surface area contributed by atoms with Gasteiger partial charge in [0.1, 0.15) is 5.75 Å². The largest absolute Gasteiger partial charge is 0.495 e. The minimum atomic E-state index is 0.466. The van der Waals surface area contributed by atoms with Crippen molar-refractivity contribution in [2.45, 2.75) is 32.7 Å². The molecular weight excluding hydrogens is 266 g/mol. The Hall–Kier alpha value is -0.700. The molecule has 16 heavy (non-hydrogen) atoms. The molecule has 1 unspecified atom stereocenters. The van der Waals surface area contributed by atoms with Crippen molar-refractivity contribution in [2.75, 3.05) is 12.4 Å². The second-order valence-electron chi connectivity index (χ2n) is 4.86. The Morgan fingerprint density at radius 1 is 1.44 bits per heavy atom. The lowest BCUT2D eigenvalue weighted by Crippen LogP contribution is -2.25. The topological polar surface area (TPSA) is 21.3 Å². The number of halogens is 1. The highest BCUT2D eigenvalue weighted by Crippen LogP contribution is 2.49. The first-order valence-corrected chi connectivity index (χ1v) is 6.44. The number of rotatable bonds is 4. The van der Waals surface area contributed by atoms with Gasteiger partial charge >= 0.3 is 0 Å². The van der Waals surface area contributed by atoms with E-state index < -0.39 is 0 Å². The smallest absolute Gasteiger partial charge is 0.142 e. The van der Waals surface area contributed by atoms with Crippen molar-refractivity contribution in [3.8, 4) is 5.75 Å². The summed E-state index contributed by atoms with van der Waals surface area (Å²) in [5, 5.41) is 3.55. The van der Waals surface area contributed by atoms with Crippen LogP contribution in [0.25, 0.3) is 0 Å². The fourth-order valence-corrected chi connectivity index (χ4v) is 2.19. The molecule has 1 aromatic rings. The highest BCUT2D eigenvalue weighted by Gasteiger charge is 2.42. The summed E-state index contributed by atoms with van der Waals surface area (Å²) >= 11 is 3.49. The molecule has 0 amide bonds. The van der Waals surface area contributed by atoms with Crippen LogP contribution in [0.5, 0.6) is 5.75 Å². The molecule has 1 aromatic carbocycles. The number of benzene rings is 1. The average Bonchev–Trinajstić information content (AvgIpc) is 2.98. The Labute approximate surface area is 106 Å². The maximum Gasteiger partial charge on any atom is 0.142 e. The Kier molecular flexibility index (Phi) is 3.15. The molecule has 0 aromatic heterocycles. The molecule has 1 saturated carbocycles. The maximum absolute atomic E-state index is 5.35. The van der Waals surface area contributed by atoms with E-state index in [0.29, 0.717) is 11.5 Å². The van der Waals surface area contributed by atoms with Gasteiger partial charge in [0, 0.05) is 10.5 Å². The van der Waals surface area contributed by atoms with Crippen molar-refractivity contribution in [3.63, 3.8) is 0 Å². The average molecular weight is 284 g/mol. The molecule has 2 nitrogen and oxygen atoms in total. The van der Waals surface area contributed by atoms with E-state index in [1.54, 1.807) is 7.11 Å². The predicted molar refractivity (Wildman–Crippen MR) is 71.1 cm³/mol. The van der Waals surface area contributed by atoms with Crippen molar-refractivity contribution in [3.05, 3.63) is 22.7 Å². The van der Waals surface area contributed by atoms with Crippen LogP contribution in [-0.4, -0.2) is 13.2 Å². The summed E-state index contributed by atoms with van der Waals surface area (Å²) in [6.45, 7) is 4.57. The molecule has 0 saturated heterocycles. The number of hydrogen-bond acceptors (Lipinski definition) is 2. The molecule has 2 rings (SSSR count). The Morgan fingerprint density at radius 2 is 2.12 bits per heavy atom. The molecule has 1 aliphatic rings. The third-order valence-electron chi connectivity index (χ3n) is 3.62. The minimum Gasteiger partial charge on any atom is -0.495 e. The summed E-state index contributed by atoms with van der Waals surface area (Å²) in [6.07, 6.45) is 2.63. The first-order valence-electron chi connectivity index (χ1n) is 5.65. The van der Waals surface area contributed by atoms with Crippen LogP contribution in [0.15, 0.2) is 22.7 Å². The third kappa shape index (κ3) is 2.34. The van der Waals surface area contributed by atoms with E-state index in [2.05, 4.69) is 41.2 Å². The van der Waals surface area contributed by atoms with Crippen molar-refractivity contribution in [1.82, 2.24) is 0 Å². The van der Waals surface area contributed by atoms with Crippen LogP contribution in [0.3, 0.4) is 0 Å². The Balaban J connectivity index is 2.16. The fraction of sp³-hybridized carbons (Fsp3) is 0.538. The highest BCUT2D eigenvalue weighted by molar-refractivity contribution is 9.10. The Morgan fingerprint density at radius 3 is 2.69 bits per heavy atom. The molecule has 1 fully saturated rings. The van der Waals surface area contributed by atoms with E-state index in [1.165, 1.54) is 12.8 Å². The summed E-state index contributed by atoms with van der Waals surface area (Å²) in [7, 11) is 1.71. The van der Waals surface area contributed by atoms with Gasteiger partial charge in [0.05, 0.1) is 12.8 Å². The van der Waals surface area contributed by atoms with E-state index in [1.807, 2.05) is 12.1 Å². The first kappa shape index (κ1) is 11.8. The molecule has 3 heteroatoms. The number of nitrogens with one attached hydrogen (secondary N) is 1. The molecule has 1 atom stereocenters. The van der Waals surface area contributed by atoms with Crippen LogP contribution in [0.1, 0.15) is 26.7 Å². The molecule has 1 aliphatic carbocycles. The van der Waals surface area contributed by atoms with Gasteiger partial charge in [-0.2, -0.15) is 0 Å². The van der Waals surface area contributed by atoms with E-state index >= 15 is 0 Å². The van der Waals surface area contributed by atoms with E-state index in [0.717, 1.165) is 15.9 Å². The molecule has 88 valence electrons. The van der Waals surface area contributed by atoms with Crippen molar-refractivity contribution in [2.24, 2.45) is 5.41 Å². The maximum atomic E-state index is 5.35. The zero-order valence-corrected chi connectivity index (χ0v) is 11.6. The van der Waals surface area contributed by atoms with Crippen LogP contribution < -0.4 is 10.1 Å². The Bertz CT molecular complexity index is 388. The van der Waals surface area contributed by atoms with Crippen molar-refractivity contribution >= 4 is 21.6 Å². The summed E-state index contributed by atoms with van der Waals surface area (Å²) in [5.74, 6) is 0.902. The predicted octanol–water partition coefficient (Wildman–Crippen LogP) is 4.06. The molecule has 0 heterocycles. The SMILES string of the molecule is COc1ccc(Br)cc1NC(C)C1(C)CC1.